The number of imidazole rings is 1. The standard InChI is InChI=1S/C23H29N5O3S/c1-32(29,30)13-7-12-31-23-27-21-19(25-20(26-21)17-10-5-6-11-17)22-24-18(15-28(22)23)14-16-8-3-2-4-9-16/h2-4,8-9,17-18,24H,5-7,10-15H2,1H3/t18-/m1/s1. The first-order chi connectivity index (χ1) is 15.5. The Bertz CT molecular complexity index is 1160. The van der Waals surface area contributed by atoms with Crippen molar-refractivity contribution < 1.29 is 13.2 Å². The van der Waals surface area contributed by atoms with Gasteiger partial charge < -0.3 is 10.1 Å². The molecule has 3 heterocycles. The van der Waals surface area contributed by atoms with Crippen molar-refractivity contribution in [2.45, 2.75) is 57.0 Å². The van der Waals surface area contributed by atoms with Crippen molar-refractivity contribution in [2.24, 2.45) is 0 Å². The molecular weight excluding hydrogens is 426 g/mol. The van der Waals surface area contributed by atoms with Crippen molar-refractivity contribution in [3.05, 3.63) is 41.7 Å². The summed E-state index contributed by atoms with van der Waals surface area (Å²) in [5, 5.41) is 3.63. The van der Waals surface area contributed by atoms with Crippen molar-refractivity contribution in [3.8, 4) is 17.5 Å². The molecule has 1 fully saturated rings. The molecule has 1 aliphatic carbocycles. The maximum atomic E-state index is 11.4. The number of anilines is 1. The van der Waals surface area contributed by atoms with E-state index in [-0.39, 0.29) is 18.4 Å². The maximum absolute atomic E-state index is 11.4. The van der Waals surface area contributed by atoms with E-state index in [0.29, 0.717) is 30.7 Å². The Kier molecular flexibility index (Phi) is 5.75. The van der Waals surface area contributed by atoms with Crippen LogP contribution in [0.3, 0.4) is 0 Å². The summed E-state index contributed by atoms with van der Waals surface area (Å²) in [5.74, 6) is 2.88. The van der Waals surface area contributed by atoms with Gasteiger partial charge in [-0.15, -0.1) is 0 Å². The topological polar surface area (TPSA) is 99.0 Å². The third-order valence-corrected chi connectivity index (χ3v) is 7.30. The van der Waals surface area contributed by atoms with Gasteiger partial charge in [-0.1, -0.05) is 43.2 Å². The Morgan fingerprint density at radius 2 is 1.91 bits per heavy atom. The van der Waals surface area contributed by atoms with Crippen molar-refractivity contribution in [2.75, 3.05) is 23.9 Å². The third-order valence-electron chi connectivity index (χ3n) is 6.26. The average Bonchev–Trinajstić information content (AvgIpc) is 3.49. The van der Waals surface area contributed by atoms with E-state index in [1.54, 1.807) is 0 Å². The molecule has 1 aromatic carbocycles. The Balaban J connectivity index is 1.42. The smallest absolute Gasteiger partial charge is 0.300 e. The summed E-state index contributed by atoms with van der Waals surface area (Å²) in [6.07, 6.45) is 7.25. The van der Waals surface area contributed by atoms with Gasteiger partial charge in [-0.2, -0.15) is 4.98 Å². The molecule has 0 amide bonds. The van der Waals surface area contributed by atoms with Crippen molar-refractivity contribution in [3.63, 3.8) is 0 Å². The van der Waals surface area contributed by atoms with Crippen LogP contribution in [-0.2, 0) is 22.8 Å². The minimum absolute atomic E-state index is 0.0962. The number of ether oxygens (including phenoxy) is 1. The average molecular weight is 456 g/mol. The zero-order valence-electron chi connectivity index (χ0n) is 18.3. The van der Waals surface area contributed by atoms with E-state index in [0.717, 1.165) is 36.6 Å². The van der Waals surface area contributed by atoms with Crippen LogP contribution in [0, 0.1) is 0 Å². The summed E-state index contributed by atoms with van der Waals surface area (Å²) in [7, 11) is -3.02. The van der Waals surface area contributed by atoms with Gasteiger partial charge in [0.2, 0.25) is 0 Å². The predicted octanol–water partition coefficient (Wildman–Crippen LogP) is 3.29. The monoisotopic (exact) mass is 455 g/mol. The number of hydrogen-bond acceptors (Lipinski definition) is 7. The van der Waals surface area contributed by atoms with E-state index in [9.17, 15) is 8.42 Å². The van der Waals surface area contributed by atoms with E-state index in [1.165, 1.54) is 24.7 Å². The summed E-state index contributed by atoms with van der Waals surface area (Å²) in [6, 6.07) is 11.1. The van der Waals surface area contributed by atoms with Gasteiger partial charge in [0, 0.05) is 24.8 Å². The van der Waals surface area contributed by atoms with E-state index in [4.69, 9.17) is 19.7 Å². The fraction of sp³-hybridized carbons (Fsp3) is 0.522. The number of rotatable bonds is 8. The van der Waals surface area contributed by atoms with Gasteiger partial charge in [0.25, 0.3) is 6.01 Å². The van der Waals surface area contributed by atoms with Gasteiger partial charge in [-0.3, -0.25) is 4.57 Å². The molecule has 3 aliphatic heterocycles. The first-order valence-corrected chi connectivity index (χ1v) is 13.4. The second kappa shape index (κ2) is 8.69. The van der Waals surface area contributed by atoms with Crippen LogP contribution >= 0.6 is 0 Å². The molecule has 1 saturated carbocycles. The number of sulfone groups is 1. The maximum Gasteiger partial charge on any atom is 0.300 e. The van der Waals surface area contributed by atoms with Crippen LogP contribution in [0.5, 0.6) is 6.01 Å². The molecule has 1 N–H and O–H groups in total. The summed E-state index contributed by atoms with van der Waals surface area (Å²) >= 11 is 0. The summed E-state index contributed by atoms with van der Waals surface area (Å²) in [4.78, 5) is 14.3. The van der Waals surface area contributed by atoms with E-state index >= 15 is 0 Å². The van der Waals surface area contributed by atoms with Gasteiger partial charge in [0.1, 0.15) is 21.5 Å². The lowest BCUT2D eigenvalue weighted by molar-refractivity contribution is 0.276. The number of nitrogens with one attached hydrogen (secondary N) is 1. The van der Waals surface area contributed by atoms with Crippen molar-refractivity contribution in [1.82, 2.24) is 19.5 Å². The molecule has 8 nitrogen and oxygen atoms in total. The Hall–Kier alpha value is -2.68. The largest absolute Gasteiger partial charge is 0.465 e. The highest BCUT2D eigenvalue weighted by molar-refractivity contribution is 7.90. The lowest BCUT2D eigenvalue weighted by Crippen LogP contribution is -2.19. The van der Waals surface area contributed by atoms with Crippen LogP contribution in [0.25, 0.3) is 11.5 Å². The third kappa shape index (κ3) is 4.57. The molecule has 0 unspecified atom stereocenters. The summed E-state index contributed by atoms with van der Waals surface area (Å²) in [6.45, 7) is 0.998. The normalized spacial score (nSPS) is 18.7. The van der Waals surface area contributed by atoms with Crippen LogP contribution in [0.15, 0.2) is 30.3 Å². The minimum atomic E-state index is -3.02. The SMILES string of the molecule is CS(=O)(=O)CCCOc1nc2nc(C3CCCC3)nc-2c2n1C[C@@H](Cc1ccccc1)N2. The van der Waals surface area contributed by atoms with Gasteiger partial charge in [0.05, 0.1) is 12.4 Å². The quantitative estimate of drug-likeness (QED) is 0.520. The number of fused-ring (bicyclic) bond motifs is 3. The number of benzene rings is 1. The first kappa shape index (κ1) is 21.2. The molecule has 0 aromatic heterocycles. The Labute approximate surface area is 188 Å². The van der Waals surface area contributed by atoms with Crippen LogP contribution in [0.1, 0.15) is 49.4 Å². The van der Waals surface area contributed by atoms with Gasteiger partial charge in [-0.25, -0.2) is 18.4 Å². The molecule has 0 spiro atoms. The van der Waals surface area contributed by atoms with Gasteiger partial charge >= 0.3 is 0 Å². The number of hydrogen-bond donors (Lipinski definition) is 1. The Morgan fingerprint density at radius 3 is 2.66 bits per heavy atom. The number of aromatic nitrogens is 4. The highest BCUT2D eigenvalue weighted by Crippen LogP contribution is 2.39. The Morgan fingerprint density at radius 1 is 1.12 bits per heavy atom. The molecular formula is C23H29N5O3S. The molecule has 170 valence electrons. The molecule has 1 aromatic rings. The highest BCUT2D eigenvalue weighted by Gasteiger charge is 2.33. The molecule has 0 saturated heterocycles. The zero-order valence-corrected chi connectivity index (χ0v) is 19.1. The summed E-state index contributed by atoms with van der Waals surface area (Å²) < 4.78 is 30.9. The fourth-order valence-corrected chi connectivity index (χ4v) is 5.36. The zero-order chi connectivity index (χ0) is 22.1. The van der Waals surface area contributed by atoms with E-state index < -0.39 is 9.84 Å². The van der Waals surface area contributed by atoms with Crippen molar-refractivity contribution >= 4 is 15.7 Å². The second-order valence-electron chi connectivity index (χ2n) is 8.95. The van der Waals surface area contributed by atoms with Crippen LogP contribution in [0.2, 0.25) is 0 Å². The lowest BCUT2D eigenvalue weighted by Gasteiger charge is -2.13. The van der Waals surface area contributed by atoms with E-state index in [1.807, 2.05) is 10.6 Å². The van der Waals surface area contributed by atoms with Crippen LogP contribution in [-0.4, -0.2) is 52.6 Å². The predicted molar refractivity (Wildman–Crippen MR) is 123 cm³/mol. The van der Waals surface area contributed by atoms with Gasteiger partial charge in [0.15, 0.2) is 11.5 Å². The minimum Gasteiger partial charge on any atom is -0.465 e. The first-order valence-electron chi connectivity index (χ1n) is 11.4. The van der Waals surface area contributed by atoms with E-state index in [2.05, 4.69) is 29.6 Å². The molecule has 0 radical (unpaired) electrons. The molecule has 9 heteroatoms. The molecule has 4 aliphatic rings. The second-order valence-corrected chi connectivity index (χ2v) is 11.2. The van der Waals surface area contributed by atoms with Crippen molar-refractivity contribution in [1.29, 1.82) is 0 Å². The molecule has 1 atom stereocenters. The van der Waals surface area contributed by atoms with Crippen LogP contribution < -0.4 is 10.1 Å². The highest BCUT2D eigenvalue weighted by atomic mass is 32.2. The fourth-order valence-electron chi connectivity index (χ4n) is 4.71. The molecule has 32 heavy (non-hydrogen) atoms. The molecule has 0 bridgehead atoms. The van der Waals surface area contributed by atoms with Gasteiger partial charge in [-0.05, 0) is 31.2 Å². The molecule has 5 rings (SSSR count). The summed E-state index contributed by atoms with van der Waals surface area (Å²) in [5.41, 5.74) is 2.06. The lowest BCUT2D eigenvalue weighted by atomic mass is 10.1. The van der Waals surface area contributed by atoms with Crippen LogP contribution in [0.4, 0.5) is 5.82 Å². The number of nitrogens with zero attached hydrogens (tertiary/aromatic N) is 4.